The Morgan fingerprint density at radius 2 is 1.73 bits per heavy atom. The van der Waals surface area contributed by atoms with Gasteiger partial charge in [0, 0.05) is 33.2 Å². The standard InChI is InChI=1S/C33H34ClN4O5S.Pd/c1-22-6-13-28(14-7-22)44(40,41)38-21-25(29-17-26(34)19-36-31(29)38)16-24-10-15-30(35-18-24)37(32(39)43-33(2,3)4)20-23-8-11-27(42-5)12-9-23;/h6-19,25H,20-21H2,1-5H3;/q-1;. The maximum Gasteiger partial charge on any atom is 0.416 e. The number of rotatable bonds is 8. The number of nitrogens with zero attached hydrogens (tertiary/aromatic N) is 4. The maximum absolute atomic E-state index is 13.6. The van der Waals surface area contributed by atoms with Crippen molar-refractivity contribution in [3.63, 3.8) is 0 Å². The van der Waals surface area contributed by atoms with Crippen LogP contribution in [0.15, 0.2) is 84.0 Å². The van der Waals surface area contributed by atoms with Crippen LogP contribution in [0.5, 0.6) is 5.75 Å². The normalized spacial score (nSPS) is 14.3. The molecule has 0 aliphatic carbocycles. The van der Waals surface area contributed by atoms with Crippen LogP contribution in [0.3, 0.4) is 0 Å². The van der Waals surface area contributed by atoms with Gasteiger partial charge in [-0.1, -0.05) is 53.7 Å². The fourth-order valence-electron chi connectivity index (χ4n) is 4.84. The summed E-state index contributed by atoms with van der Waals surface area (Å²) in [5.41, 5.74) is 2.59. The molecule has 9 nitrogen and oxygen atoms in total. The van der Waals surface area contributed by atoms with E-state index in [1.807, 2.05) is 64.4 Å². The fourth-order valence-corrected chi connectivity index (χ4v) is 6.48. The molecule has 3 heterocycles. The minimum Gasteiger partial charge on any atom is -0.497 e. The van der Waals surface area contributed by atoms with Gasteiger partial charge >= 0.3 is 6.09 Å². The van der Waals surface area contributed by atoms with E-state index in [0.717, 1.165) is 16.7 Å². The number of pyridine rings is 2. The van der Waals surface area contributed by atoms with Crippen LogP contribution < -0.4 is 13.9 Å². The number of ether oxygens (including phenoxy) is 2. The molecule has 1 unspecified atom stereocenters. The van der Waals surface area contributed by atoms with Gasteiger partial charge in [0.05, 0.1) is 23.6 Å². The molecule has 0 radical (unpaired) electrons. The smallest absolute Gasteiger partial charge is 0.416 e. The quantitative estimate of drug-likeness (QED) is 0.143. The summed E-state index contributed by atoms with van der Waals surface area (Å²) in [6.07, 6.45) is 4.50. The van der Waals surface area contributed by atoms with E-state index in [0.29, 0.717) is 28.0 Å². The maximum atomic E-state index is 13.6. The Balaban J connectivity index is 0.00000461. The van der Waals surface area contributed by atoms with Gasteiger partial charge in [-0.2, -0.15) is 18.1 Å². The summed E-state index contributed by atoms with van der Waals surface area (Å²) in [6, 6.07) is 19.5. The molecule has 12 heteroatoms. The molecule has 0 bridgehead atoms. The molecule has 0 fully saturated rings. The molecule has 1 atom stereocenters. The van der Waals surface area contributed by atoms with E-state index in [-0.39, 0.29) is 44.3 Å². The average molecular weight is 741 g/mol. The first-order valence-electron chi connectivity index (χ1n) is 14.0. The number of anilines is 2. The molecule has 2 aromatic heterocycles. The molecule has 1 aliphatic heterocycles. The predicted octanol–water partition coefficient (Wildman–Crippen LogP) is 6.93. The Hall–Kier alpha value is -3.62. The molecule has 1 aliphatic rings. The number of methoxy groups -OCH3 is 1. The number of hydrogen-bond donors (Lipinski definition) is 0. The van der Waals surface area contributed by atoms with Crippen LogP contribution in [-0.2, 0) is 41.7 Å². The third kappa shape index (κ3) is 7.97. The van der Waals surface area contributed by atoms with Crippen molar-refractivity contribution in [2.75, 3.05) is 22.9 Å². The van der Waals surface area contributed by atoms with Crippen molar-refractivity contribution < 1.29 is 43.1 Å². The van der Waals surface area contributed by atoms with E-state index in [2.05, 4.69) is 9.97 Å². The summed E-state index contributed by atoms with van der Waals surface area (Å²) in [7, 11) is -2.26. The summed E-state index contributed by atoms with van der Waals surface area (Å²) in [4.78, 5) is 23.9. The molecule has 0 saturated heterocycles. The Kier molecular flexibility index (Phi) is 10.5. The van der Waals surface area contributed by atoms with Crippen LogP contribution in [0.25, 0.3) is 0 Å². The van der Waals surface area contributed by atoms with Crippen molar-refractivity contribution in [2.24, 2.45) is 0 Å². The van der Waals surface area contributed by atoms with Gasteiger partial charge in [0.15, 0.2) is 0 Å². The molecule has 4 aromatic rings. The Bertz CT molecular complexity index is 1750. The van der Waals surface area contributed by atoms with Gasteiger partial charge in [-0.05, 0) is 75.1 Å². The summed E-state index contributed by atoms with van der Waals surface area (Å²) < 4.78 is 39.5. The number of aryl methyl sites for hydroxylation is 1. The average Bonchev–Trinajstić information content (AvgIpc) is 3.34. The van der Waals surface area contributed by atoms with Crippen molar-refractivity contribution in [2.45, 2.75) is 50.7 Å². The number of carbonyl (C=O) groups excluding carboxylic acids is 1. The molecule has 5 rings (SSSR count). The number of benzene rings is 2. The van der Waals surface area contributed by atoms with E-state index in [9.17, 15) is 13.2 Å². The van der Waals surface area contributed by atoms with Crippen LogP contribution in [0.1, 0.15) is 48.9 Å². The van der Waals surface area contributed by atoms with Gasteiger partial charge in [-0.3, -0.25) is 4.90 Å². The first-order valence-corrected chi connectivity index (χ1v) is 15.8. The van der Waals surface area contributed by atoms with Crippen molar-refractivity contribution in [3.05, 3.63) is 113 Å². The SMILES string of the molecule is COc1ccc(CN(C(=O)OC(C)(C)C)c2ccc([CH-]C3CN(S(=O)(=O)c4ccc(C)cc4)c4ncc(Cl)cc43)cn2)cc1.[Pd]. The van der Waals surface area contributed by atoms with Crippen molar-refractivity contribution in [1.29, 1.82) is 0 Å². The van der Waals surface area contributed by atoms with Gasteiger partial charge in [0.25, 0.3) is 10.0 Å². The summed E-state index contributed by atoms with van der Waals surface area (Å²) in [5.74, 6) is 1.14. The number of aromatic nitrogens is 2. The molecule has 2 aromatic carbocycles. The minimum atomic E-state index is -3.86. The molecular weight excluding hydrogens is 706 g/mol. The van der Waals surface area contributed by atoms with E-state index in [1.165, 1.54) is 15.4 Å². The summed E-state index contributed by atoms with van der Waals surface area (Å²) in [5, 5.41) is 0.414. The van der Waals surface area contributed by atoms with Crippen LogP contribution in [-0.4, -0.2) is 43.7 Å². The summed E-state index contributed by atoms with van der Waals surface area (Å²) in [6.45, 7) is 7.73. The zero-order valence-corrected chi connectivity index (χ0v) is 28.6. The second kappa shape index (κ2) is 13.8. The van der Waals surface area contributed by atoms with E-state index >= 15 is 0 Å². The van der Waals surface area contributed by atoms with Crippen LogP contribution in [0, 0.1) is 13.3 Å². The largest absolute Gasteiger partial charge is 0.497 e. The number of amides is 1. The first-order chi connectivity index (χ1) is 20.8. The third-order valence-corrected chi connectivity index (χ3v) is 9.00. The molecule has 0 N–H and O–H groups in total. The van der Waals surface area contributed by atoms with Crippen molar-refractivity contribution in [3.8, 4) is 5.75 Å². The zero-order valence-electron chi connectivity index (χ0n) is 25.5. The third-order valence-electron chi connectivity index (χ3n) is 7.02. The van der Waals surface area contributed by atoms with Gasteiger partial charge in [0.1, 0.15) is 23.0 Å². The number of hydrogen-bond acceptors (Lipinski definition) is 7. The zero-order chi connectivity index (χ0) is 31.6. The van der Waals surface area contributed by atoms with Crippen molar-refractivity contribution >= 4 is 39.4 Å². The van der Waals surface area contributed by atoms with Crippen LogP contribution >= 0.6 is 11.6 Å². The number of halogens is 1. The fraction of sp³-hybridized carbons (Fsp3) is 0.273. The minimum absolute atomic E-state index is 0. The van der Waals surface area contributed by atoms with Gasteiger partial charge in [-0.15, -0.1) is 0 Å². The van der Waals surface area contributed by atoms with Gasteiger partial charge in [0.2, 0.25) is 0 Å². The number of fused-ring (bicyclic) bond motifs is 1. The monoisotopic (exact) mass is 739 g/mol. The van der Waals surface area contributed by atoms with E-state index < -0.39 is 21.7 Å². The van der Waals surface area contributed by atoms with E-state index in [4.69, 9.17) is 21.1 Å². The molecule has 45 heavy (non-hydrogen) atoms. The van der Waals surface area contributed by atoms with Crippen LogP contribution in [0.4, 0.5) is 16.4 Å². The van der Waals surface area contributed by atoms with Crippen molar-refractivity contribution in [1.82, 2.24) is 9.97 Å². The Morgan fingerprint density at radius 1 is 1.04 bits per heavy atom. The second-order valence-electron chi connectivity index (χ2n) is 11.6. The van der Waals surface area contributed by atoms with Crippen LogP contribution in [0.2, 0.25) is 5.02 Å². The van der Waals surface area contributed by atoms with E-state index in [1.54, 1.807) is 49.7 Å². The predicted molar refractivity (Wildman–Crippen MR) is 171 cm³/mol. The Labute approximate surface area is 283 Å². The molecule has 0 spiro atoms. The molecule has 240 valence electrons. The molecule has 0 saturated carbocycles. The van der Waals surface area contributed by atoms with Gasteiger partial charge < -0.3 is 14.5 Å². The number of sulfonamides is 1. The number of carbonyl (C=O) groups is 1. The first kappa shape index (κ1) is 34.3. The van der Waals surface area contributed by atoms with Gasteiger partial charge in [-0.25, -0.2) is 22.5 Å². The Morgan fingerprint density at radius 3 is 2.33 bits per heavy atom. The summed E-state index contributed by atoms with van der Waals surface area (Å²) >= 11 is 6.29. The molecule has 1 amide bonds. The topological polar surface area (TPSA) is 102 Å². The second-order valence-corrected chi connectivity index (χ2v) is 13.9. The molecular formula is C33H34ClN4O5PdS-.